The zero-order valence-electron chi connectivity index (χ0n) is 9.41. The standard InChI is InChI=1S/C11H23NS2/c1-3-9-12(14-10(2)13)11-7-5-4-6-8-11/h10-11,13H,3-9H2,1-2H3. The van der Waals surface area contributed by atoms with Crippen molar-refractivity contribution in [2.75, 3.05) is 6.54 Å². The maximum Gasteiger partial charge on any atom is 0.0591 e. The first kappa shape index (κ1) is 12.7. The van der Waals surface area contributed by atoms with Gasteiger partial charge in [-0.2, -0.15) is 12.6 Å². The second kappa shape index (κ2) is 7.02. The molecule has 84 valence electrons. The van der Waals surface area contributed by atoms with Gasteiger partial charge in [0.05, 0.1) is 4.58 Å². The maximum absolute atomic E-state index is 4.47. The molecular weight excluding hydrogens is 210 g/mol. The van der Waals surface area contributed by atoms with Gasteiger partial charge in [0.15, 0.2) is 0 Å². The van der Waals surface area contributed by atoms with Gasteiger partial charge in [0, 0.05) is 12.6 Å². The molecule has 1 fully saturated rings. The minimum absolute atomic E-state index is 0.434. The van der Waals surface area contributed by atoms with Crippen LogP contribution in [0.5, 0.6) is 0 Å². The summed E-state index contributed by atoms with van der Waals surface area (Å²) < 4.78 is 3.01. The lowest BCUT2D eigenvalue weighted by Crippen LogP contribution is -2.32. The minimum Gasteiger partial charge on any atom is -0.247 e. The van der Waals surface area contributed by atoms with Gasteiger partial charge < -0.3 is 0 Å². The van der Waals surface area contributed by atoms with Crippen molar-refractivity contribution in [3.63, 3.8) is 0 Å². The number of rotatable bonds is 5. The lowest BCUT2D eigenvalue weighted by Gasteiger charge is -2.33. The van der Waals surface area contributed by atoms with E-state index in [2.05, 4.69) is 30.8 Å². The van der Waals surface area contributed by atoms with Gasteiger partial charge in [0.2, 0.25) is 0 Å². The van der Waals surface area contributed by atoms with Gasteiger partial charge in [-0.15, -0.1) is 0 Å². The highest BCUT2D eigenvalue weighted by molar-refractivity contribution is 8.08. The molecule has 0 amide bonds. The smallest absolute Gasteiger partial charge is 0.0591 e. The molecule has 1 unspecified atom stereocenters. The molecule has 1 aliphatic carbocycles. The van der Waals surface area contributed by atoms with Gasteiger partial charge in [-0.3, -0.25) is 0 Å². The largest absolute Gasteiger partial charge is 0.247 e. The van der Waals surface area contributed by atoms with Gasteiger partial charge in [-0.25, -0.2) is 4.31 Å². The van der Waals surface area contributed by atoms with Gasteiger partial charge >= 0.3 is 0 Å². The van der Waals surface area contributed by atoms with Crippen LogP contribution < -0.4 is 0 Å². The van der Waals surface area contributed by atoms with E-state index in [0.717, 1.165) is 6.04 Å². The molecule has 0 aromatic heterocycles. The van der Waals surface area contributed by atoms with Gasteiger partial charge in [0.1, 0.15) is 0 Å². The molecule has 0 N–H and O–H groups in total. The molecule has 1 atom stereocenters. The molecule has 0 spiro atoms. The van der Waals surface area contributed by atoms with Crippen LogP contribution in [0.1, 0.15) is 52.4 Å². The maximum atomic E-state index is 4.47. The lowest BCUT2D eigenvalue weighted by atomic mass is 9.95. The summed E-state index contributed by atoms with van der Waals surface area (Å²) in [5.74, 6) is 0. The third-order valence-corrected chi connectivity index (χ3v) is 4.05. The normalized spacial score (nSPS) is 21.4. The topological polar surface area (TPSA) is 3.24 Å². The third-order valence-electron chi connectivity index (χ3n) is 2.71. The monoisotopic (exact) mass is 233 g/mol. The first-order chi connectivity index (χ1) is 6.74. The number of nitrogens with zero attached hydrogens (tertiary/aromatic N) is 1. The van der Waals surface area contributed by atoms with Crippen molar-refractivity contribution in [3.05, 3.63) is 0 Å². The summed E-state index contributed by atoms with van der Waals surface area (Å²) in [5, 5.41) is 0. The van der Waals surface area contributed by atoms with Crippen LogP contribution in [-0.4, -0.2) is 21.5 Å². The van der Waals surface area contributed by atoms with Gasteiger partial charge in [-0.05, 0) is 26.2 Å². The zero-order chi connectivity index (χ0) is 10.4. The number of thiol groups is 1. The average molecular weight is 233 g/mol. The summed E-state index contributed by atoms with van der Waals surface area (Å²) in [5.41, 5.74) is 0. The van der Waals surface area contributed by atoms with Crippen molar-refractivity contribution in [1.29, 1.82) is 0 Å². The molecule has 0 aromatic rings. The SMILES string of the molecule is CCCN(SC(C)S)C1CCCCC1. The van der Waals surface area contributed by atoms with Crippen LogP contribution >= 0.6 is 24.6 Å². The van der Waals surface area contributed by atoms with Crippen LogP contribution in [0.15, 0.2) is 0 Å². The highest BCUT2D eigenvalue weighted by Crippen LogP contribution is 2.30. The van der Waals surface area contributed by atoms with E-state index in [1.54, 1.807) is 0 Å². The third kappa shape index (κ3) is 4.45. The first-order valence-electron chi connectivity index (χ1n) is 5.85. The molecule has 0 aliphatic heterocycles. The van der Waals surface area contributed by atoms with Crippen molar-refractivity contribution >= 4 is 24.6 Å². The van der Waals surface area contributed by atoms with Gasteiger partial charge in [0.25, 0.3) is 0 Å². The molecule has 0 aromatic carbocycles. The van der Waals surface area contributed by atoms with Crippen molar-refractivity contribution in [3.8, 4) is 0 Å². The predicted molar refractivity (Wildman–Crippen MR) is 69.9 cm³/mol. The molecule has 0 bridgehead atoms. The molecule has 1 rings (SSSR count). The minimum atomic E-state index is 0.434. The summed E-state index contributed by atoms with van der Waals surface area (Å²) >= 11 is 6.40. The van der Waals surface area contributed by atoms with E-state index < -0.39 is 0 Å². The Hall–Kier alpha value is 0.660. The van der Waals surface area contributed by atoms with Crippen molar-refractivity contribution in [1.82, 2.24) is 4.31 Å². The summed E-state index contributed by atoms with van der Waals surface area (Å²) in [6.07, 6.45) is 8.33. The molecule has 1 nitrogen and oxygen atoms in total. The fourth-order valence-electron chi connectivity index (χ4n) is 2.11. The highest BCUT2D eigenvalue weighted by Gasteiger charge is 2.21. The van der Waals surface area contributed by atoms with Crippen LogP contribution in [0.25, 0.3) is 0 Å². The summed E-state index contributed by atoms with van der Waals surface area (Å²) in [6.45, 7) is 5.65. The molecule has 1 aliphatic rings. The molecule has 3 heteroatoms. The molecule has 0 heterocycles. The Morgan fingerprint density at radius 1 is 1.36 bits per heavy atom. The number of hydrogen-bond donors (Lipinski definition) is 1. The molecule has 0 radical (unpaired) electrons. The van der Waals surface area contributed by atoms with Crippen LogP contribution in [0.4, 0.5) is 0 Å². The highest BCUT2D eigenvalue weighted by atomic mass is 32.2. The fourth-order valence-corrected chi connectivity index (χ4v) is 3.53. The van der Waals surface area contributed by atoms with E-state index in [0.29, 0.717) is 4.58 Å². The summed E-state index contributed by atoms with van der Waals surface area (Å²) in [6, 6.07) is 0.822. The van der Waals surface area contributed by atoms with E-state index in [1.807, 2.05) is 11.9 Å². The van der Waals surface area contributed by atoms with E-state index in [9.17, 15) is 0 Å². The van der Waals surface area contributed by atoms with Crippen molar-refractivity contribution in [2.45, 2.75) is 63.0 Å². The van der Waals surface area contributed by atoms with E-state index in [4.69, 9.17) is 0 Å². The Morgan fingerprint density at radius 3 is 2.50 bits per heavy atom. The average Bonchev–Trinajstić information content (AvgIpc) is 2.18. The van der Waals surface area contributed by atoms with Gasteiger partial charge in [-0.1, -0.05) is 38.1 Å². The lowest BCUT2D eigenvalue weighted by molar-refractivity contribution is 0.272. The van der Waals surface area contributed by atoms with Crippen molar-refractivity contribution < 1.29 is 0 Å². The zero-order valence-corrected chi connectivity index (χ0v) is 11.1. The van der Waals surface area contributed by atoms with E-state index >= 15 is 0 Å². The molecule has 0 saturated heterocycles. The fraction of sp³-hybridized carbons (Fsp3) is 1.00. The Bertz CT molecular complexity index is 144. The second-order valence-corrected chi connectivity index (χ2v) is 6.65. The molecule has 1 saturated carbocycles. The molecular formula is C11H23NS2. The van der Waals surface area contributed by atoms with Crippen LogP contribution in [0.2, 0.25) is 0 Å². The Balaban J connectivity index is 2.38. The van der Waals surface area contributed by atoms with Crippen LogP contribution in [0, 0.1) is 0 Å². The predicted octanol–water partition coefficient (Wildman–Crippen LogP) is 3.96. The summed E-state index contributed by atoms with van der Waals surface area (Å²) in [7, 11) is 0. The van der Waals surface area contributed by atoms with E-state index in [-0.39, 0.29) is 0 Å². The van der Waals surface area contributed by atoms with E-state index in [1.165, 1.54) is 45.1 Å². The van der Waals surface area contributed by atoms with Crippen LogP contribution in [0.3, 0.4) is 0 Å². The van der Waals surface area contributed by atoms with Crippen LogP contribution in [-0.2, 0) is 0 Å². The molecule has 14 heavy (non-hydrogen) atoms. The Morgan fingerprint density at radius 2 is 2.00 bits per heavy atom. The first-order valence-corrected chi connectivity index (χ1v) is 7.20. The number of hydrogen-bond acceptors (Lipinski definition) is 3. The quantitative estimate of drug-likeness (QED) is 0.435. The second-order valence-electron chi connectivity index (χ2n) is 4.14. The Kier molecular flexibility index (Phi) is 6.38. The Labute approximate surface area is 98.6 Å². The summed E-state index contributed by atoms with van der Waals surface area (Å²) in [4.78, 5) is 0. The van der Waals surface area contributed by atoms with Crippen molar-refractivity contribution in [2.24, 2.45) is 0 Å².